The number of nitrogens with one attached hydrogen (secondary N) is 2. The van der Waals surface area contributed by atoms with Gasteiger partial charge in [-0.05, 0) is 19.1 Å². The van der Waals surface area contributed by atoms with E-state index in [4.69, 9.17) is 12.2 Å². The van der Waals surface area contributed by atoms with E-state index in [9.17, 15) is 0 Å². The molecule has 0 amide bonds. The van der Waals surface area contributed by atoms with Crippen molar-refractivity contribution in [1.82, 2.24) is 20.0 Å². The van der Waals surface area contributed by atoms with Crippen LogP contribution in [0.5, 0.6) is 0 Å². The van der Waals surface area contributed by atoms with Crippen LogP contribution in [0.15, 0.2) is 11.6 Å². The Hall–Kier alpha value is -0.790. The Labute approximate surface area is 120 Å². The summed E-state index contributed by atoms with van der Waals surface area (Å²) in [5.74, 6) is 2.01. The van der Waals surface area contributed by atoms with Gasteiger partial charge in [-0.25, -0.2) is 4.98 Å². The van der Waals surface area contributed by atoms with Crippen LogP contribution in [0.4, 0.5) is 0 Å². The van der Waals surface area contributed by atoms with E-state index in [0.29, 0.717) is 5.11 Å². The Bertz CT molecular complexity index is 531. The third-order valence-corrected chi connectivity index (χ3v) is 4.63. The molecule has 7 heteroatoms. The second-order valence-corrected chi connectivity index (χ2v) is 6.14. The minimum absolute atomic E-state index is 0.705. The van der Waals surface area contributed by atoms with Gasteiger partial charge in [0.2, 0.25) is 0 Å². The summed E-state index contributed by atoms with van der Waals surface area (Å²) in [6, 6.07) is 0. The van der Waals surface area contributed by atoms with Crippen LogP contribution in [-0.4, -0.2) is 33.8 Å². The van der Waals surface area contributed by atoms with Crippen molar-refractivity contribution in [3.8, 4) is 0 Å². The van der Waals surface area contributed by atoms with Gasteiger partial charge in [0, 0.05) is 36.7 Å². The average Bonchev–Trinajstić information content (AvgIpc) is 2.90. The minimum Gasteiger partial charge on any atom is -0.366 e. The molecule has 98 valence electrons. The number of hydrogen-bond donors (Lipinski definition) is 2. The van der Waals surface area contributed by atoms with Gasteiger partial charge in [0.25, 0.3) is 0 Å². The van der Waals surface area contributed by atoms with Crippen LogP contribution in [0.2, 0.25) is 0 Å². The third-order valence-electron chi connectivity index (χ3n) is 2.56. The van der Waals surface area contributed by atoms with Gasteiger partial charge in [0.15, 0.2) is 10.1 Å². The summed E-state index contributed by atoms with van der Waals surface area (Å²) in [5, 5.41) is 8.81. The molecule has 0 aliphatic rings. The molecule has 18 heavy (non-hydrogen) atoms. The van der Waals surface area contributed by atoms with Gasteiger partial charge in [-0.3, -0.25) is 4.40 Å². The summed E-state index contributed by atoms with van der Waals surface area (Å²) in [6.07, 6.45) is 2.09. The number of fused-ring (bicyclic) bond motifs is 1. The summed E-state index contributed by atoms with van der Waals surface area (Å²) in [7, 11) is 1.82. The van der Waals surface area contributed by atoms with Crippen molar-refractivity contribution in [3.05, 3.63) is 23.0 Å². The van der Waals surface area contributed by atoms with Crippen LogP contribution in [-0.2, 0) is 5.75 Å². The number of thiocarbonyl (C=S) groups is 1. The molecule has 0 aromatic carbocycles. The first kappa shape index (κ1) is 13.6. The molecule has 0 bridgehead atoms. The van der Waals surface area contributed by atoms with Crippen molar-refractivity contribution in [2.24, 2.45) is 0 Å². The Morgan fingerprint density at radius 1 is 1.61 bits per heavy atom. The van der Waals surface area contributed by atoms with E-state index in [0.717, 1.165) is 28.7 Å². The molecule has 2 aromatic heterocycles. The van der Waals surface area contributed by atoms with Crippen molar-refractivity contribution in [2.75, 3.05) is 19.3 Å². The van der Waals surface area contributed by atoms with Gasteiger partial charge >= 0.3 is 0 Å². The van der Waals surface area contributed by atoms with E-state index in [1.54, 1.807) is 11.3 Å². The smallest absolute Gasteiger partial charge is 0.194 e. The summed E-state index contributed by atoms with van der Waals surface area (Å²) >= 11 is 8.58. The molecule has 2 aromatic rings. The number of thioether (sulfide) groups is 1. The molecule has 2 rings (SSSR count). The molecule has 0 saturated heterocycles. The first-order valence-corrected chi connectivity index (χ1v) is 8.11. The van der Waals surface area contributed by atoms with E-state index in [-0.39, 0.29) is 0 Å². The summed E-state index contributed by atoms with van der Waals surface area (Å²) in [5.41, 5.74) is 2.43. The topological polar surface area (TPSA) is 41.4 Å². The van der Waals surface area contributed by atoms with E-state index in [1.807, 2.05) is 18.8 Å². The van der Waals surface area contributed by atoms with Crippen molar-refractivity contribution < 1.29 is 0 Å². The molecule has 0 atom stereocenters. The van der Waals surface area contributed by atoms with Gasteiger partial charge < -0.3 is 10.6 Å². The average molecular weight is 300 g/mol. The Morgan fingerprint density at radius 2 is 2.44 bits per heavy atom. The molecule has 0 radical (unpaired) electrons. The minimum atomic E-state index is 0.705. The lowest BCUT2D eigenvalue weighted by atomic mass is 10.4. The Kier molecular flexibility index (Phi) is 4.85. The van der Waals surface area contributed by atoms with E-state index < -0.39 is 0 Å². The summed E-state index contributed by atoms with van der Waals surface area (Å²) < 4.78 is 2.18. The first-order valence-electron chi connectivity index (χ1n) is 5.66. The fourth-order valence-corrected chi connectivity index (χ4v) is 3.42. The Balaban J connectivity index is 1.81. The molecule has 0 aliphatic heterocycles. The second kappa shape index (κ2) is 6.40. The number of rotatable bonds is 5. The number of aromatic nitrogens is 2. The number of thiazole rings is 1. The normalized spacial score (nSPS) is 10.8. The number of hydrogen-bond acceptors (Lipinski definition) is 4. The quantitative estimate of drug-likeness (QED) is 0.653. The van der Waals surface area contributed by atoms with Crippen LogP contribution in [0, 0.1) is 6.92 Å². The van der Waals surface area contributed by atoms with Gasteiger partial charge in [-0.2, -0.15) is 11.8 Å². The number of imidazole rings is 1. The molecule has 0 unspecified atom stereocenters. The van der Waals surface area contributed by atoms with Gasteiger partial charge in [-0.15, -0.1) is 11.3 Å². The molecule has 0 spiro atoms. The molecule has 0 aliphatic carbocycles. The monoisotopic (exact) mass is 300 g/mol. The maximum atomic E-state index is 5.01. The maximum Gasteiger partial charge on any atom is 0.194 e. The zero-order valence-electron chi connectivity index (χ0n) is 10.4. The first-order chi connectivity index (χ1) is 8.72. The van der Waals surface area contributed by atoms with Crippen molar-refractivity contribution in [3.63, 3.8) is 0 Å². The largest absolute Gasteiger partial charge is 0.366 e. The fourth-order valence-electron chi connectivity index (χ4n) is 1.61. The molecule has 0 saturated carbocycles. The number of nitrogens with zero attached hydrogens (tertiary/aromatic N) is 2. The highest BCUT2D eigenvalue weighted by Crippen LogP contribution is 2.20. The second-order valence-electron chi connectivity index (χ2n) is 3.76. The van der Waals surface area contributed by atoms with Crippen LogP contribution in [0.3, 0.4) is 0 Å². The van der Waals surface area contributed by atoms with E-state index in [2.05, 4.69) is 38.5 Å². The van der Waals surface area contributed by atoms with Crippen LogP contribution < -0.4 is 10.6 Å². The van der Waals surface area contributed by atoms with Crippen LogP contribution in [0.25, 0.3) is 4.96 Å². The lowest BCUT2D eigenvalue weighted by Gasteiger charge is -2.06. The molecular formula is C11H16N4S3. The molecule has 2 N–H and O–H groups in total. The van der Waals surface area contributed by atoms with Crippen LogP contribution >= 0.6 is 35.3 Å². The highest BCUT2D eigenvalue weighted by atomic mass is 32.2. The summed E-state index contributed by atoms with van der Waals surface area (Å²) in [4.78, 5) is 5.62. The molecule has 4 nitrogen and oxygen atoms in total. The van der Waals surface area contributed by atoms with Gasteiger partial charge in [0.1, 0.15) is 0 Å². The zero-order chi connectivity index (χ0) is 13.0. The van der Waals surface area contributed by atoms with E-state index >= 15 is 0 Å². The maximum absolute atomic E-state index is 5.01. The predicted molar refractivity (Wildman–Crippen MR) is 83.6 cm³/mol. The van der Waals surface area contributed by atoms with Crippen molar-refractivity contribution >= 4 is 45.4 Å². The third kappa shape index (κ3) is 3.15. The highest BCUT2D eigenvalue weighted by molar-refractivity contribution is 7.98. The Morgan fingerprint density at radius 3 is 3.22 bits per heavy atom. The highest BCUT2D eigenvalue weighted by Gasteiger charge is 2.08. The van der Waals surface area contributed by atoms with Gasteiger partial charge in [-0.1, -0.05) is 0 Å². The molecular weight excluding hydrogens is 284 g/mol. The molecule has 2 heterocycles. The van der Waals surface area contributed by atoms with Gasteiger partial charge in [0.05, 0.1) is 11.4 Å². The van der Waals surface area contributed by atoms with E-state index in [1.165, 1.54) is 5.69 Å². The zero-order valence-corrected chi connectivity index (χ0v) is 12.8. The molecule has 0 fully saturated rings. The lowest BCUT2D eigenvalue weighted by Crippen LogP contribution is -2.33. The SMILES string of the molecule is CNC(=S)NCCSCc1c(C)nc2sccn12. The fraction of sp³-hybridized carbons (Fsp3) is 0.455. The lowest BCUT2D eigenvalue weighted by molar-refractivity contribution is 0.942. The van der Waals surface area contributed by atoms with Crippen LogP contribution in [0.1, 0.15) is 11.4 Å². The number of aryl methyl sites for hydroxylation is 1. The summed E-state index contributed by atoms with van der Waals surface area (Å²) in [6.45, 7) is 2.96. The van der Waals surface area contributed by atoms with Crippen molar-refractivity contribution in [2.45, 2.75) is 12.7 Å². The predicted octanol–water partition coefficient (Wildman–Crippen LogP) is 2.03. The standard InChI is InChI=1S/C11H16N4S3/c1-8-9(15-4-6-18-11(15)14-8)7-17-5-3-13-10(16)12-2/h4,6H,3,5,7H2,1-2H3,(H2,12,13,16). The van der Waals surface area contributed by atoms with Crippen molar-refractivity contribution in [1.29, 1.82) is 0 Å².